The molecule has 0 saturated carbocycles. The molecule has 0 aliphatic carbocycles. The number of ether oxygens (including phenoxy) is 1. The fraction of sp³-hybridized carbons (Fsp3) is 0.304. The summed E-state index contributed by atoms with van der Waals surface area (Å²) in [6.45, 7) is 4.15. The summed E-state index contributed by atoms with van der Waals surface area (Å²) >= 11 is 0. The van der Waals surface area contributed by atoms with Gasteiger partial charge in [-0.25, -0.2) is 0 Å². The van der Waals surface area contributed by atoms with E-state index in [0.717, 1.165) is 27.8 Å². The number of rotatable bonds is 6. The molecule has 1 aliphatic heterocycles. The van der Waals surface area contributed by atoms with Crippen LogP contribution in [0.25, 0.3) is 10.9 Å². The molecule has 1 fully saturated rings. The van der Waals surface area contributed by atoms with Crippen LogP contribution < -0.4 is 4.74 Å². The molecule has 7 nitrogen and oxygen atoms in total. The number of fused-ring (bicyclic) bond motifs is 1. The molecule has 2 N–H and O–H groups in total. The molecule has 156 valence electrons. The smallest absolute Gasteiger partial charge is 0.325 e. The molecule has 0 radical (unpaired) electrons. The van der Waals surface area contributed by atoms with Crippen LogP contribution in [0.1, 0.15) is 24.1 Å². The second kappa shape index (κ2) is 8.59. The number of nitrogens with one attached hydrogen (secondary N) is 1. The van der Waals surface area contributed by atoms with Gasteiger partial charge in [-0.3, -0.25) is 14.5 Å². The van der Waals surface area contributed by atoms with Crippen molar-refractivity contribution in [2.75, 3.05) is 26.2 Å². The van der Waals surface area contributed by atoms with Crippen molar-refractivity contribution in [1.29, 1.82) is 0 Å². The molecule has 1 saturated heterocycles. The number of carboxylic acid groups (broad SMARTS) is 1. The summed E-state index contributed by atoms with van der Waals surface area (Å²) in [6, 6.07) is 14.8. The Labute approximate surface area is 174 Å². The highest BCUT2D eigenvalue weighted by Gasteiger charge is 2.32. The maximum atomic E-state index is 12.1. The zero-order valence-corrected chi connectivity index (χ0v) is 16.9. The highest BCUT2D eigenvalue weighted by molar-refractivity contribution is 5.90. The van der Waals surface area contributed by atoms with Gasteiger partial charge in [-0.15, -0.1) is 0 Å². The number of amides is 1. The van der Waals surface area contributed by atoms with Crippen LogP contribution in [-0.4, -0.2) is 57.9 Å². The van der Waals surface area contributed by atoms with Crippen molar-refractivity contribution in [2.24, 2.45) is 0 Å². The highest BCUT2D eigenvalue weighted by Crippen LogP contribution is 2.31. The third-order valence-electron chi connectivity index (χ3n) is 5.59. The van der Waals surface area contributed by atoms with Gasteiger partial charge in [-0.05, 0) is 17.7 Å². The zero-order valence-electron chi connectivity index (χ0n) is 16.9. The number of aromatic amines is 1. The number of aromatic nitrogens is 1. The Bertz CT molecular complexity index is 1040. The number of carboxylic acids is 1. The van der Waals surface area contributed by atoms with Crippen LogP contribution in [0.4, 0.5) is 0 Å². The van der Waals surface area contributed by atoms with E-state index in [0.29, 0.717) is 32.8 Å². The number of H-pyrrole nitrogens is 1. The average molecular weight is 407 g/mol. The Morgan fingerprint density at radius 3 is 2.50 bits per heavy atom. The number of hydrogen-bond donors (Lipinski definition) is 2. The van der Waals surface area contributed by atoms with E-state index in [1.807, 2.05) is 53.4 Å². The minimum absolute atomic E-state index is 0.0247. The standard InChI is InChI=1S/C23H25N3O4/c1-16(27)25-9-11-26(12-10-25)22(23(28)29)20-14-24-21-13-18(7-8-19(20)21)30-15-17-5-3-2-4-6-17/h2-8,13-14,22,24H,9-12,15H2,1H3,(H,28,29). The van der Waals surface area contributed by atoms with E-state index < -0.39 is 12.0 Å². The number of hydrogen-bond acceptors (Lipinski definition) is 4. The summed E-state index contributed by atoms with van der Waals surface area (Å²) in [6.07, 6.45) is 1.77. The van der Waals surface area contributed by atoms with Crippen LogP contribution in [0.3, 0.4) is 0 Å². The summed E-state index contributed by atoms with van der Waals surface area (Å²) in [5.74, 6) is -0.144. The fourth-order valence-corrected chi connectivity index (χ4v) is 3.97. The van der Waals surface area contributed by atoms with Gasteiger partial charge in [0.05, 0.1) is 0 Å². The Hall–Kier alpha value is -3.32. The lowest BCUT2D eigenvalue weighted by atomic mass is 10.0. The van der Waals surface area contributed by atoms with E-state index in [9.17, 15) is 14.7 Å². The van der Waals surface area contributed by atoms with Crippen LogP contribution in [0, 0.1) is 0 Å². The van der Waals surface area contributed by atoms with E-state index in [4.69, 9.17) is 4.74 Å². The lowest BCUT2D eigenvalue weighted by Gasteiger charge is -2.37. The van der Waals surface area contributed by atoms with Gasteiger partial charge in [0.2, 0.25) is 5.91 Å². The SMILES string of the molecule is CC(=O)N1CCN(C(C(=O)O)c2c[nH]c3cc(OCc4ccccc4)ccc23)CC1. The van der Waals surface area contributed by atoms with Crippen molar-refractivity contribution < 1.29 is 19.4 Å². The van der Waals surface area contributed by atoms with Gasteiger partial charge in [-0.1, -0.05) is 30.3 Å². The number of aliphatic carboxylic acids is 1. The lowest BCUT2D eigenvalue weighted by molar-refractivity contribution is -0.144. The summed E-state index contributed by atoms with van der Waals surface area (Å²) in [7, 11) is 0. The maximum Gasteiger partial charge on any atom is 0.325 e. The molecule has 1 atom stereocenters. The molecule has 3 aromatic rings. The molecule has 4 rings (SSSR count). The molecule has 30 heavy (non-hydrogen) atoms. The van der Waals surface area contributed by atoms with Gasteiger partial charge in [-0.2, -0.15) is 0 Å². The van der Waals surface area contributed by atoms with E-state index in [-0.39, 0.29) is 5.91 Å². The van der Waals surface area contributed by atoms with Crippen LogP contribution in [0.2, 0.25) is 0 Å². The minimum atomic E-state index is -0.892. The molecular weight excluding hydrogens is 382 g/mol. The first-order valence-corrected chi connectivity index (χ1v) is 10.0. The molecule has 2 heterocycles. The summed E-state index contributed by atoms with van der Waals surface area (Å²) in [5.41, 5.74) is 2.65. The Morgan fingerprint density at radius 1 is 1.10 bits per heavy atom. The number of nitrogens with zero attached hydrogens (tertiary/aromatic N) is 2. The quantitative estimate of drug-likeness (QED) is 0.656. The highest BCUT2D eigenvalue weighted by atomic mass is 16.5. The predicted octanol–water partition coefficient (Wildman–Crippen LogP) is 3.04. The molecule has 7 heteroatoms. The first-order chi connectivity index (χ1) is 14.5. The fourth-order valence-electron chi connectivity index (χ4n) is 3.97. The van der Waals surface area contributed by atoms with E-state index >= 15 is 0 Å². The average Bonchev–Trinajstić information content (AvgIpc) is 3.16. The summed E-state index contributed by atoms with van der Waals surface area (Å²) in [5, 5.41) is 10.8. The second-order valence-electron chi connectivity index (χ2n) is 7.51. The Kier molecular flexibility index (Phi) is 5.72. The molecule has 1 aromatic heterocycles. The molecule has 1 amide bonds. The zero-order chi connectivity index (χ0) is 21.1. The molecule has 1 aliphatic rings. The third-order valence-corrected chi connectivity index (χ3v) is 5.59. The van der Waals surface area contributed by atoms with Crippen LogP contribution in [0.5, 0.6) is 5.75 Å². The van der Waals surface area contributed by atoms with Gasteiger partial charge < -0.3 is 19.7 Å². The number of piperazine rings is 1. The maximum absolute atomic E-state index is 12.1. The molecule has 2 aromatic carbocycles. The molecule has 0 bridgehead atoms. The molecule has 0 spiro atoms. The van der Waals surface area contributed by atoms with Gasteiger partial charge in [0.15, 0.2) is 0 Å². The molecule has 1 unspecified atom stereocenters. The van der Waals surface area contributed by atoms with E-state index in [2.05, 4.69) is 4.98 Å². The topological polar surface area (TPSA) is 85.9 Å². The second-order valence-corrected chi connectivity index (χ2v) is 7.51. The largest absolute Gasteiger partial charge is 0.489 e. The molecular formula is C23H25N3O4. The van der Waals surface area contributed by atoms with Crippen LogP contribution in [0.15, 0.2) is 54.7 Å². The van der Waals surface area contributed by atoms with Gasteiger partial charge in [0, 0.05) is 61.8 Å². The number of benzene rings is 2. The van der Waals surface area contributed by atoms with Crippen molar-refractivity contribution in [3.8, 4) is 5.75 Å². The normalized spacial score (nSPS) is 15.8. The van der Waals surface area contributed by atoms with Crippen LogP contribution >= 0.6 is 0 Å². The lowest BCUT2D eigenvalue weighted by Crippen LogP contribution is -2.50. The summed E-state index contributed by atoms with van der Waals surface area (Å²) in [4.78, 5) is 30.5. The Morgan fingerprint density at radius 2 is 1.83 bits per heavy atom. The van der Waals surface area contributed by atoms with E-state index in [1.165, 1.54) is 0 Å². The predicted molar refractivity (Wildman–Crippen MR) is 113 cm³/mol. The van der Waals surface area contributed by atoms with Crippen molar-refractivity contribution >= 4 is 22.8 Å². The number of carbonyl (C=O) groups is 2. The van der Waals surface area contributed by atoms with Crippen LogP contribution in [-0.2, 0) is 16.2 Å². The first kappa shape index (κ1) is 20.0. The third kappa shape index (κ3) is 4.16. The van der Waals surface area contributed by atoms with Crippen molar-refractivity contribution in [3.05, 3.63) is 65.9 Å². The van der Waals surface area contributed by atoms with Crippen molar-refractivity contribution in [3.63, 3.8) is 0 Å². The first-order valence-electron chi connectivity index (χ1n) is 10.0. The van der Waals surface area contributed by atoms with Crippen molar-refractivity contribution in [1.82, 2.24) is 14.8 Å². The monoisotopic (exact) mass is 407 g/mol. The van der Waals surface area contributed by atoms with Crippen molar-refractivity contribution in [2.45, 2.75) is 19.6 Å². The van der Waals surface area contributed by atoms with Gasteiger partial charge in [0.1, 0.15) is 18.4 Å². The van der Waals surface area contributed by atoms with Gasteiger partial charge >= 0.3 is 5.97 Å². The van der Waals surface area contributed by atoms with E-state index in [1.54, 1.807) is 18.0 Å². The minimum Gasteiger partial charge on any atom is -0.489 e. The summed E-state index contributed by atoms with van der Waals surface area (Å²) < 4.78 is 5.88. The Balaban J connectivity index is 1.52. The van der Waals surface area contributed by atoms with Gasteiger partial charge in [0.25, 0.3) is 0 Å². The number of carbonyl (C=O) groups excluding carboxylic acids is 1.